The Bertz CT molecular complexity index is 711. The van der Waals surface area contributed by atoms with Gasteiger partial charge in [0.15, 0.2) is 0 Å². The molecule has 2 rings (SSSR count). The highest BCUT2D eigenvalue weighted by atomic mass is 32.2. The van der Waals surface area contributed by atoms with Gasteiger partial charge in [0.25, 0.3) is 0 Å². The molecule has 0 radical (unpaired) electrons. The third-order valence-corrected chi connectivity index (χ3v) is 6.49. The van der Waals surface area contributed by atoms with Crippen molar-refractivity contribution in [3.05, 3.63) is 59.7 Å². The molecule has 0 heterocycles. The molecule has 0 N–H and O–H groups in total. The maximum absolute atomic E-state index is 12.6. The Labute approximate surface area is 198 Å². The Hall–Kier alpha value is -1.81. The molecule has 4 heteroatoms. The minimum Gasteiger partial charge on any atom is -0.371 e. The van der Waals surface area contributed by atoms with E-state index in [0.717, 1.165) is 36.8 Å². The van der Waals surface area contributed by atoms with Crippen LogP contribution in [0.4, 0.5) is 0 Å². The highest BCUT2D eigenvalue weighted by Gasteiger charge is 2.12. The summed E-state index contributed by atoms with van der Waals surface area (Å²) in [5.74, 6) is 1.32. The molecule has 2 aromatic carbocycles. The minimum absolute atomic E-state index is 0.660. The first-order valence-corrected chi connectivity index (χ1v) is 13.7. The summed E-state index contributed by atoms with van der Waals surface area (Å²) in [6, 6.07) is 15.8. The Balaban J connectivity index is 1.84. The molecule has 0 bridgehead atoms. The van der Waals surface area contributed by atoms with Crippen LogP contribution < -0.4 is 8.37 Å². The quantitative estimate of drug-likeness (QED) is 0.210. The maximum Gasteiger partial charge on any atom is 0.417 e. The zero-order chi connectivity index (χ0) is 22.9. The van der Waals surface area contributed by atoms with Gasteiger partial charge < -0.3 is 8.37 Å². The SMILES string of the molecule is CCCCCCCCc1ccccc1OS(=O)Oc1ccccc1CCCCCCCC. The third-order valence-electron chi connectivity index (χ3n) is 5.86. The second-order valence-corrected chi connectivity index (χ2v) is 9.36. The lowest BCUT2D eigenvalue weighted by Crippen LogP contribution is -2.10. The number of hydrogen-bond donors (Lipinski definition) is 0. The maximum atomic E-state index is 12.6. The summed E-state index contributed by atoms with van der Waals surface area (Å²) in [5, 5.41) is 0. The van der Waals surface area contributed by atoms with Gasteiger partial charge in [-0.1, -0.05) is 114 Å². The summed E-state index contributed by atoms with van der Waals surface area (Å²) >= 11 is -1.87. The largest absolute Gasteiger partial charge is 0.417 e. The van der Waals surface area contributed by atoms with Gasteiger partial charge in [-0.05, 0) is 48.9 Å². The number of aryl methyl sites for hydroxylation is 2. The molecule has 178 valence electrons. The molecule has 0 fully saturated rings. The van der Waals surface area contributed by atoms with Crippen LogP contribution in [0, 0.1) is 0 Å². The summed E-state index contributed by atoms with van der Waals surface area (Å²) in [5.41, 5.74) is 2.20. The van der Waals surface area contributed by atoms with E-state index in [1.165, 1.54) is 64.2 Å². The molecule has 0 unspecified atom stereocenters. The standard InChI is InChI=1S/C28H42O3S/c1-3-5-7-9-11-13-19-25-21-15-17-23-27(25)30-32(29)31-28-24-18-16-22-26(28)20-14-12-10-8-6-4-2/h15-18,21-24H,3-14,19-20H2,1-2H3. The van der Waals surface area contributed by atoms with Crippen molar-refractivity contribution in [2.45, 2.75) is 104 Å². The normalized spacial score (nSPS) is 11.1. The first kappa shape index (κ1) is 26.4. The van der Waals surface area contributed by atoms with E-state index in [1.807, 2.05) is 36.4 Å². The van der Waals surface area contributed by atoms with Gasteiger partial charge >= 0.3 is 11.4 Å². The summed E-state index contributed by atoms with van der Waals surface area (Å²) < 4.78 is 24.1. The highest BCUT2D eigenvalue weighted by Crippen LogP contribution is 2.25. The Morgan fingerprint density at radius 1 is 0.562 bits per heavy atom. The molecule has 0 aliphatic heterocycles. The predicted molar refractivity (Wildman–Crippen MR) is 136 cm³/mol. The second kappa shape index (κ2) is 16.8. The van der Waals surface area contributed by atoms with E-state index in [-0.39, 0.29) is 0 Å². The van der Waals surface area contributed by atoms with E-state index in [9.17, 15) is 4.21 Å². The van der Waals surface area contributed by atoms with Crippen molar-refractivity contribution in [1.82, 2.24) is 0 Å². The molecule has 3 nitrogen and oxygen atoms in total. The molecular weight excluding hydrogens is 416 g/mol. The summed E-state index contributed by atoms with van der Waals surface area (Å²) in [6.45, 7) is 4.48. The summed E-state index contributed by atoms with van der Waals surface area (Å²) in [6.07, 6.45) is 16.9. The van der Waals surface area contributed by atoms with E-state index in [0.29, 0.717) is 11.5 Å². The molecule has 0 amide bonds. The van der Waals surface area contributed by atoms with E-state index < -0.39 is 11.4 Å². The fraction of sp³-hybridized carbons (Fsp3) is 0.571. The van der Waals surface area contributed by atoms with Crippen LogP contribution in [0.3, 0.4) is 0 Å². The van der Waals surface area contributed by atoms with Crippen LogP contribution in [0.5, 0.6) is 11.5 Å². The van der Waals surface area contributed by atoms with Gasteiger partial charge in [-0.3, -0.25) is 0 Å². The monoisotopic (exact) mass is 458 g/mol. The minimum atomic E-state index is -1.87. The van der Waals surface area contributed by atoms with E-state index in [2.05, 4.69) is 26.0 Å². The molecule has 0 aromatic heterocycles. The zero-order valence-corrected chi connectivity index (χ0v) is 21.0. The predicted octanol–water partition coefficient (Wildman–Crippen LogP) is 8.53. The lowest BCUT2D eigenvalue weighted by molar-refractivity contribution is 0.455. The van der Waals surface area contributed by atoms with Crippen molar-refractivity contribution in [2.24, 2.45) is 0 Å². The fourth-order valence-electron chi connectivity index (χ4n) is 3.94. The second-order valence-electron chi connectivity index (χ2n) is 8.62. The molecule has 0 aliphatic rings. The van der Waals surface area contributed by atoms with Crippen molar-refractivity contribution in [3.63, 3.8) is 0 Å². The van der Waals surface area contributed by atoms with Gasteiger partial charge in [-0.2, -0.15) is 4.21 Å². The first-order valence-electron chi connectivity index (χ1n) is 12.7. The Morgan fingerprint density at radius 3 is 1.38 bits per heavy atom. The van der Waals surface area contributed by atoms with E-state index >= 15 is 0 Å². The van der Waals surface area contributed by atoms with Crippen LogP contribution in [-0.2, 0) is 24.2 Å². The molecule has 0 saturated carbocycles. The van der Waals surface area contributed by atoms with Crippen molar-refractivity contribution < 1.29 is 12.6 Å². The molecule has 32 heavy (non-hydrogen) atoms. The van der Waals surface area contributed by atoms with Gasteiger partial charge in [-0.25, -0.2) is 0 Å². The average Bonchev–Trinajstić information content (AvgIpc) is 2.80. The average molecular weight is 459 g/mol. The van der Waals surface area contributed by atoms with Crippen LogP contribution in [0.25, 0.3) is 0 Å². The highest BCUT2D eigenvalue weighted by molar-refractivity contribution is 7.75. The first-order chi connectivity index (χ1) is 15.7. The van der Waals surface area contributed by atoms with Crippen LogP contribution in [0.1, 0.15) is 102 Å². The number of para-hydroxylation sites is 2. The number of benzene rings is 2. The fourth-order valence-corrected chi connectivity index (χ4v) is 4.59. The van der Waals surface area contributed by atoms with Crippen LogP contribution in [0.2, 0.25) is 0 Å². The lowest BCUT2D eigenvalue weighted by atomic mass is 10.0. The smallest absolute Gasteiger partial charge is 0.371 e. The number of unbranched alkanes of at least 4 members (excludes halogenated alkanes) is 10. The number of rotatable bonds is 18. The van der Waals surface area contributed by atoms with Gasteiger partial charge in [0.1, 0.15) is 11.5 Å². The van der Waals surface area contributed by atoms with Crippen molar-refractivity contribution in [2.75, 3.05) is 0 Å². The lowest BCUT2D eigenvalue weighted by Gasteiger charge is -2.12. The van der Waals surface area contributed by atoms with E-state index in [4.69, 9.17) is 8.37 Å². The van der Waals surface area contributed by atoms with Gasteiger partial charge in [0.05, 0.1) is 0 Å². The zero-order valence-electron chi connectivity index (χ0n) is 20.2. The molecule has 0 atom stereocenters. The number of hydrogen-bond acceptors (Lipinski definition) is 3. The summed E-state index contributed by atoms with van der Waals surface area (Å²) in [7, 11) is 0. The third kappa shape index (κ3) is 10.7. The van der Waals surface area contributed by atoms with E-state index in [1.54, 1.807) is 0 Å². The van der Waals surface area contributed by atoms with Crippen molar-refractivity contribution in [3.8, 4) is 11.5 Å². The van der Waals surface area contributed by atoms with Gasteiger partial charge in [-0.15, -0.1) is 0 Å². The van der Waals surface area contributed by atoms with Crippen LogP contribution in [0.15, 0.2) is 48.5 Å². The topological polar surface area (TPSA) is 35.5 Å². The van der Waals surface area contributed by atoms with Crippen LogP contribution in [-0.4, -0.2) is 4.21 Å². The van der Waals surface area contributed by atoms with Gasteiger partial charge in [0, 0.05) is 0 Å². The van der Waals surface area contributed by atoms with Crippen molar-refractivity contribution in [1.29, 1.82) is 0 Å². The molecular formula is C28H42O3S. The van der Waals surface area contributed by atoms with Crippen molar-refractivity contribution >= 4 is 11.4 Å². The summed E-state index contributed by atoms with van der Waals surface area (Å²) in [4.78, 5) is 0. The Kier molecular flexibility index (Phi) is 13.9. The van der Waals surface area contributed by atoms with Crippen LogP contribution >= 0.6 is 0 Å². The molecule has 0 saturated heterocycles. The molecule has 2 aromatic rings. The van der Waals surface area contributed by atoms with Gasteiger partial charge in [0.2, 0.25) is 0 Å². The Morgan fingerprint density at radius 2 is 0.938 bits per heavy atom. The molecule has 0 spiro atoms. The molecule has 0 aliphatic carbocycles.